The SMILES string of the molecule is COc1nccc(NC(=O)N2Cc3ccccc3C(c3ccccc3)C2)n1. The first kappa shape index (κ1) is 17.0. The van der Waals surface area contributed by atoms with Gasteiger partial charge in [-0.1, -0.05) is 54.6 Å². The molecule has 0 fully saturated rings. The maximum atomic E-state index is 12.9. The van der Waals surface area contributed by atoms with Gasteiger partial charge in [0.05, 0.1) is 7.11 Å². The van der Waals surface area contributed by atoms with Crippen molar-refractivity contribution in [3.05, 3.63) is 83.6 Å². The molecule has 2 heterocycles. The summed E-state index contributed by atoms with van der Waals surface area (Å²) in [6, 6.07) is 20.3. The highest BCUT2D eigenvalue weighted by Gasteiger charge is 2.29. The van der Waals surface area contributed by atoms with E-state index in [1.807, 2.05) is 29.2 Å². The third-order valence-electron chi connectivity index (χ3n) is 4.73. The van der Waals surface area contributed by atoms with E-state index < -0.39 is 0 Å². The summed E-state index contributed by atoms with van der Waals surface area (Å²) in [5, 5.41) is 2.85. The molecule has 1 unspecified atom stereocenters. The van der Waals surface area contributed by atoms with Crippen LogP contribution in [0, 0.1) is 0 Å². The number of carbonyl (C=O) groups excluding carboxylic acids is 1. The second-order valence-electron chi connectivity index (χ2n) is 6.40. The van der Waals surface area contributed by atoms with E-state index in [0.717, 1.165) is 5.56 Å². The van der Waals surface area contributed by atoms with Gasteiger partial charge >= 0.3 is 12.0 Å². The van der Waals surface area contributed by atoms with E-state index in [9.17, 15) is 4.79 Å². The highest BCUT2D eigenvalue weighted by Crippen LogP contribution is 2.33. The van der Waals surface area contributed by atoms with E-state index in [2.05, 4.69) is 45.6 Å². The van der Waals surface area contributed by atoms with Crippen LogP contribution in [0.15, 0.2) is 66.9 Å². The summed E-state index contributed by atoms with van der Waals surface area (Å²) in [4.78, 5) is 22.8. The van der Waals surface area contributed by atoms with E-state index in [1.54, 1.807) is 12.3 Å². The van der Waals surface area contributed by atoms with Crippen LogP contribution in [0.2, 0.25) is 0 Å². The first-order valence-corrected chi connectivity index (χ1v) is 8.80. The molecule has 0 bridgehead atoms. The molecule has 27 heavy (non-hydrogen) atoms. The maximum Gasteiger partial charge on any atom is 0.323 e. The number of aromatic nitrogens is 2. The zero-order valence-electron chi connectivity index (χ0n) is 15.0. The fourth-order valence-corrected chi connectivity index (χ4v) is 3.43. The second kappa shape index (κ2) is 7.45. The van der Waals surface area contributed by atoms with Gasteiger partial charge in [0.1, 0.15) is 5.82 Å². The Balaban J connectivity index is 1.59. The van der Waals surface area contributed by atoms with Crippen molar-refractivity contribution in [2.45, 2.75) is 12.5 Å². The van der Waals surface area contributed by atoms with Gasteiger partial charge in [-0.05, 0) is 22.8 Å². The number of benzene rings is 2. The van der Waals surface area contributed by atoms with Crippen molar-refractivity contribution < 1.29 is 9.53 Å². The molecule has 1 aliphatic rings. The largest absolute Gasteiger partial charge is 0.467 e. The van der Waals surface area contributed by atoms with E-state index in [0.29, 0.717) is 18.9 Å². The molecular weight excluding hydrogens is 340 g/mol. The lowest BCUT2D eigenvalue weighted by molar-refractivity contribution is 0.203. The second-order valence-corrected chi connectivity index (χ2v) is 6.40. The quantitative estimate of drug-likeness (QED) is 0.774. The van der Waals surface area contributed by atoms with Gasteiger partial charge in [0, 0.05) is 25.2 Å². The number of nitrogens with zero attached hydrogens (tertiary/aromatic N) is 3. The van der Waals surface area contributed by atoms with Crippen molar-refractivity contribution in [1.82, 2.24) is 14.9 Å². The van der Waals surface area contributed by atoms with Crippen LogP contribution in [0.3, 0.4) is 0 Å². The van der Waals surface area contributed by atoms with Gasteiger partial charge in [0.25, 0.3) is 0 Å². The Hall–Kier alpha value is -3.41. The number of rotatable bonds is 3. The lowest BCUT2D eigenvalue weighted by Gasteiger charge is -2.35. The number of hydrogen-bond donors (Lipinski definition) is 1. The van der Waals surface area contributed by atoms with Gasteiger partial charge in [-0.15, -0.1) is 0 Å². The average molecular weight is 360 g/mol. The summed E-state index contributed by atoms with van der Waals surface area (Å²) in [6.45, 7) is 1.17. The molecule has 0 aliphatic carbocycles. The molecule has 4 rings (SSSR count). The fraction of sp³-hybridized carbons (Fsp3) is 0.190. The molecule has 0 spiro atoms. The molecule has 0 radical (unpaired) electrons. The Kier molecular flexibility index (Phi) is 4.70. The number of carbonyl (C=O) groups is 1. The van der Waals surface area contributed by atoms with Crippen LogP contribution < -0.4 is 10.1 Å². The van der Waals surface area contributed by atoms with Crippen molar-refractivity contribution in [1.29, 1.82) is 0 Å². The van der Waals surface area contributed by atoms with Crippen molar-refractivity contribution in [2.24, 2.45) is 0 Å². The molecule has 2 aromatic carbocycles. The molecule has 1 aliphatic heterocycles. The minimum absolute atomic E-state index is 0.141. The van der Waals surface area contributed by atoms with Crippen molar-refractivity contribution in [3.63, 3.8) is 0 Å². The van der Waals surface area contributed by atoms with Crippen molar-refractivity contribution >= 4 is 11.8 Å². The lowest BCUT2D eigenvalue weighted by Crippen LogP contribution is -2.41. The average Bonchev–Trinajstić information content (AvgIpc) is 2.73. The van der Waals surface area contributed by atoms with Gasteiger partial charge < -0.3 is 9.64 Å². The Morgan fingerprint density at radius 1 is 1.11 bits per heavy atom. The van der Waals surface area contributed by atoms with Gasteiger partial charge in [-0.2, -0.15) is 4.98 Å². The molecule has 3 aromatic rings. The molecule has 1 N–H and O–H groups in total. The highest BCUT2D eigenvalue weighted by atomic mass is 16.5. The van der Waals surface area contributed by atoms with Crippen LogP contribution in [0.1, 0.15) is 22.6 Å². The van der Waals surface area contributed by atoms with Crippen LogP contribution in [0.5, 0.6) is 6.01 Å². The van der Waals surface area contributed by atoms with Crippen LogP contribution in [0.25, 0.3) is 0 Å². The molecular formula is C21H20N4O2. The summed E-state index contributed by atoms with van der Waals surface area (Å²) in [5.41, 5.74) is 3.63. The summed E-state index contributed by atoms with van der Waals surface area (Å²) >= 11 is 0. The van der Waals surface area contributed by atoms with Crippen LogP contribution in [0.4, 0.5) is 10.6 Å². The number of hydrogen-bond acceptors (Lipinski definition) is 4. The lowest BCUT2D eigenvalue weighted by atomic mass is 9.85. The van der Waals surface area contributed by atoms with E-state index in [1.165, 1.54) is 18.2 Å². The normalized spacial score (nSPS) is 15.7. The molecule has 0 saturated heterocycles. The van der Waals surface area contributed by atoms with Crippen molar-refractivity contribution in [3.8, 4) is 6.01 Å². The number of fused-ring (bicyclic) bond motifs is 1. The van der Waals surface area contributed by atoms with E-state index in [4.69, 9.17) is 4.74 Å². The zero-order chi connectivity index (χ0) is 18.6. The number of anilines is 1. The number of ether oxygens (including phenoxy) is 1. The minimum Gasteiger partial charge on any atom is -0.467 e. The molecule has 1 aromatic heterocycles. The maximum absolute atomic E-state index is 12.9. The van der Waals surface area contributed by atoms with Crippen LogP contribution in [-0.2, 0) is 6.54 Å². The van der Waals surface area contributed by atoms with Gasteiger partial charge in [0.2, 0.25) is 0 Å². The third-order valence-corrected chi connectivity index (χ3v) is 4.73. The summed E-state index contributed by atoms with van der Waals surface area (Å²) in [7, 11) is 1.49. The molecule has 6 nitrogen and oxygen atoms in total. The predicted molar refractivity (Wildman–Crippen MR) is 103 cm³/mol. The molecule has 1 atom stereocenters. The molecule has 6 heteroatoms. The Morgan fingerprint density at radius 3 is 2.70 bits per heavy atom. The fourth-order valence-electron chi connectivity index (χ4n) is 3.43. The number of urea groups is 1. The topological polar surface area (TPSA) is 67.3 Å². The summed E-state index contributed by atoms with van der Waals surface area (Å²) < 4.78 is 5.02. The van der Waals surface area contributed by atoms with Gasteiger partial charge in [0.15, 0.2) is 0 Å². The third kappa shape index (κ3) is 3.60. The van der Waals surface area contributed by atoms with E-state index >= 15 is 0 Å². The Morgan fingerprint density at radius 2 is 1.89 bits per heavy atom. The molecule has 0 saturated carbocycles. The predicted octanol–water partition coefficient (Wildman–Crippen LogP) is 3.66. The van der Waals surface area contributed by atoms with Crippen molar-refractivity contribution in [2.75, 3.05) is 19.0 Å². The number of nitrogens with one attached hydrogen (secondary N) is 1. The smallest absolute Gasteiger partial charge is 0.323 e. The first-order chi connectivity index (χ1) is 13.2. The highest BCUT2D eigenvalue weighted by molar-refractivity contribution is 5.88. The minimum atomic E-state index is -0.189. The zero-order valence-corrected chi connectivity index (χ0v) is 15.0. The summed E-state index contributed by atoms with van der Waals surface area (Å²) in [6.07, 6.45) is 1.56. The van der Waals surface area contributed by atoms with Crippen LogP contribution in [-0.4, -0.2) is 34.6 Å². The number of amides is 2. The standard InChI is InChI=1S/C21H20N4O2/c1-27-20-22-12-11-19(23-20)24-21(26)25-13-16-9-5-6-10-17(16)18(14-25)15-7-3-2-4-8-15/h2-12,18H,13-14H2,1H3,(H,22,23,24,26). The van der Waals surface area contributed by atoms with Gasteiger partial charge in [-0.3, -0.25) is 5.32 Å². The van der Waals surface area contributed by atoms with Crippen LogP contribution >= 0.6 is 0 Å². The summed E-state index contributed by atoms with van der Waals surface area (Å²) in [5.74, 6) is 0.559. The molecule has 2 amide bonds. The Labute approximate surface area is 157 Å². The Bertz CT molecular complexity index is 946. The molecule has 136 valence electrons. The first-order valence-electron chi connectivity index (χ1n) is 8.80. The van der Waals surface area contributed by atoms with E-state index in [-0.39, 0.29) is 18.0 Å². The number of methoxy groups -OCH3 is 1. The van der Waals surface area contributed by atoms with Gasteiger partial charge in [-0.25, -0.2) is 9.78 Å². The monoisotopic (exact) mass is 360 g/mol.